The van der Waals surface area contributed by atoms with Gasteiger partial charge in [-0.2, -0.15) is 0 Å². The normalized spacial score (nSPS) is 11.9. The quantitative estimate of drug-likeness (QED) is 0.519. The number of hydrogen-bond acceptors (Lipinski definition) is 7. The number of nitrogens with one attached hydrogen (secondary N) is 1. The lowest BCUT2D eigenvalue weighted by atomic mass is 10.1. The molecular formula is C21H17N3O5. The molecule has 1 atom stereocenters. The summed E-state index contributed by atoms with van der Waals surface area (Å²) in [6.07, 6.45) is -0.794. The molecule has 146 valence electrons. The van der Waals surface area contributed by atoms with E-state index in [-0.39, 0.29) is 17.1 Å². The predicted octanol–water partition coefficient (Wildman–Crippen LogP) is 3.50. The van der Waals surface area contributed by atoms with Crippen molar-refractivity contribution in [3.05, 3.63) is 76.5 Å². The summed E-state index contributed by atoms with van der Waals surface area (Å²) < 4.78 is 16.1. The third-order valence-corrected chi connectivity index (χ3v) is 4.38. The maximum Gasteiger partial charge on any atom is 0.355 e. The summed E-state index contributed by atoms with van der Waals surface area (Å²) in [6, 6.07) is 15.7. The molecule has 8 nitrogen and oxygen atoms in total. The summed E-state index contributed by atoms with van der Waals surface area (Å²) in [6.45, 7) is 1.61. The van der Waals surface area contributed by atoms with Gasteiger partial charge in [-0.1, -0.05) is 18.2 Å². The van der Waals surface area contributed by atoms with E-state index >= 15 is 0 Å². The number of benzene rings is 2. The van der Waals surface area contributed by atoms with E-state index in [1.807, 2.05) is 0 Å². The first kappa shape index (κ1) is 18.4. The molecule has 0 radical (unpaired) electrons. The molecule has 2 aromatic heterocycles. The van der Waals surface area contributed by atoms with Gasteiger partial charge in [0.05, 0.1) is 7.11 Å². The zero-order chi connectivity index (χ0) is 20.4. The molecule has 0 saturated carbocycles. The fraction of sp³-hybridized carbons (Fsp3) is 0.143. The molecule has 1 N–H and O–H groups in total. The van der Waals surface area contributed by atoms with Gasteiger partial charge in [-0.15, -0.1) is 10.2 Å². The van der Waals surface area contributed by atoms with Crippen molar-refractivity contribution in [3.8, 4) is 17.2 Å². The van der Waals surface area contributed by atoms with Crippen LogP contribution in [0.15, 0.2) is 63.8 Å². The summed E-state index contributed by atoms with van der Waals surface area (Å²) in [5.41, 5.74) is 0.402. The van der Waals surface area contributed by atoms with Crippen LogP contribution in [0.1, 0.15) is 29.4 Å². The Balaban J connectivity index is 1.52. The number of aromatic nitrogens is 3. The lowest BCUT2D eigenvalue weighted by molar-refractivity contribution is 0.0273. The van der Waals surface area contributed by atoms with Crippen molar-refractivity contribution in [2.45, 2.75) is 13.0 Å². The first-order valence-corrected chi connectivity index (χ1v) is 8.86. The Bertz CT molecular complexity index is 1230. The number of nitrogens with zero attached hydrogens (tertiary/aromatic N) is 2. The topological polar surface area (TPSA) is 107 Å². The molecule has 2 heterocycles. The van der Waals surface area contributed by atoms with Crippen molar-refractivity contribution < 1.29 is 18.7 Å². The molecule has 4 aromatic rings. The van der Waals surface area contributed by atoms with Gasteiger partial charge in [-0.25, -0.2) is 4.79 Å². The third kappa shape index (κ3) is 3.73. The van der Waals surface area contributed by atoms with Gasteiger partial charge >= 0.3 is 5.97 Å². The van der Waals surface area contributed by atoms with Crippen LogP contribution in [0.4, 0.5) is 0 Å². The number of rotatable bonds is 5. The van der Waals surface area contributed by atoms with Gasteiger partial charge in [0.2, 0.25) is 5.89 Å². The number of H-pyrrole nitrogens is 1. The Morgan fingerprint density at radius 1 is 1.10 bits per heavy atom. The second-order valence-corrected chi connectivity index (χ2v) is 6.32. The first-order valence-electron chi connectivity index (χ1n) is 8.86. The molecule has 0 saturated heterocycles. The minimum Gasteiger partial charge on any atom is -0.497 e. The molecule has 0 amide bonds. The van der Waals surface area contributed by atoms with Gasteiger partial charge < -0.3 is 18.9 Å². The summed E-state index contributed by atoms with van der Waals surface area (Å²) in [5, 5.41) is 9.09. The van der Waals surface area contributed by atoms with Crippen molar-refractivity contribution in [2.75, 3.05) is 7.11 Å². The average molecular weight is 391 g/mol. The standard InChI is InChI=1S/C21H17N3O5/c1-12(19-23-24-20(29-19)13-7-9-15(27-2)10-8-13)28-21(26)17-11-14-5-3-4-6-16(14)18(25)22-17/h3-12H,1-2H3,(H,22,25). The van der Waals surface area contributed by atoms with Crippen molar-refractivity contribution in [1.29, 1.82) is 0 Å². The summed E-state index contributed by atoms with van der Waals surface area (Å²) in [7, 11) is 1.58. The van der Waals surface area contributed by atoms with Crippen molar-refractivity contribution in [1.82, 2.24) is 15.2 Å². The van der Waals surface area contributed by atoms with Gasteiger partial charge in [0, 0.05) is 10.9 Å². The highest BCUT2D eigenvalue weighted by Gasteiger charge is 2.21. The number of hydrogen-bond donors (Lipinski definition) is 1. The number of methoxy groups -OCH3 is 1. The molecule has 8 heteroatoms. The van der Waals surface area contributed by atoms with Crippen molar-refractivity contribution >= 4 is 16.7 Å². The van der Waals surface area contributed by atoms with E-state index in [4.69, 9.17) is 13.9 Å². The molecule has 29 heavy (non-hydrogen) atoms. The molecule has 0 fully saturated rings. The lowest BCUT2D eigenvalue weighted by Gasteiger charge is -2.09. The van der Waals surface area contributed by atoms with Gasteiger partial charge in [0.1, 0.15) is 11.4 Å². The Morgan fingerprint density at radius 3 is 2.62 bits per heavy atom. The summed E-state index contributed by atoms with van der Waals surface area (Å²) in [5.74, 6) is 0.460. The highest BCUT2D eigenvalue weighted by Crippen LogP contribution is 2.24. The molecule has 0 spiro atoms. The van der Waals surface area contributed by atoms with Crippen LogP contribution in [0.2, 0.25) is 0 Å². The Kier molecular flexibility index (Phi) is 4.82. The Hall–Kier alpha value is -3.94. The number of pyridine rings is 1. The smallest absolute Gasteiger partial charge is 0.355 e. The van der Waals surface area contributed by atoms with E-state index in [9.17, 15) is 9.59 Å². The minimum absolute atomic E-state index is 0.0513. The predicted molar refractivity (Wildman–Crippen MR) is 105 cm³/mol. The lowest BCUT2D eigenvalue weighted by Crippen LogP contribution is -2.16. The highest BCUT2D eigenvalue weighted by molar-refractivity contribution is 5.93. The van der Waals surface area contributed by atoms with E-state index in [2.05, 4.69) is 15.2 Å². The molecule has 0 bridgehead atoms. The number of carbonyl (C=O) groups is 1. The third-order valence-electron chi connectivity index (χ3n) is 4.38. The number of ether oxygens (including phenoxy) is 2. The van der Waals surface area contributed by atoms with E-state index in [0.29, 0.717) is 28.0 Å². The van der Waals surface area contributed by atoms with Gasteiger partial charge in [-0.3, -0.25) is 4.79 Å². The van der Waals surface area contributed by atoms with Crippen molar-refractivity contribution in [2.24, 2.45) is 0 Å². The number of aromatic amines is 1. The van der Waals surface area contributed by atoms with Crippen LogP contribution in [0, 0.1) is 0 Å². The first-order chi connectivity index (χ1) is 14.0. The minimum atomic E-state index is -0.794. The zero-order valence-electron chi connectivity index (χ0n) is 15.7. The van der Waals surface area contributed by atoms with Crippen LogP contribution >= 0.6 is 0 Å². The van der Waals surface area contributed by atoms with Gasteiger partial charge in [0.25, 0.3) is 11.4 Å². The van der Waals surface area contributed by atoms with Crippen LogP contribution in [-0.2, 0) is 4.74 Å². The van der Waals surface area contributed by atoms with E-state index in [1.54, 1.807) is 68.6 Å². The van der Waals surface area contributed by atoms with Crippen LogP contribution in [0.3, 0.4) is 0 Å². The summed E-state index contributed by atoms with van der Waals surface area (Å²) in [4.78, 5) is 27.2. The summed E-state index contributed by atoms with van der Waals surface area (Å²) >= 11 is 0. The van der Waals surface area contributed by atoms with Crippen LogP contribution in [0.5, 0.6) is 5.75 Å². The Labute approximate surface area is 165 Å². The maximum absolute atomic E-state index is 12.5. The van der Waals surface area contributed by atoms with E-state index < -0.39 is 12.1 Å². The zero-order valence-corrected chi connectivity index (χ0v) is 15.7. The number of carbonyl (C=O) groups excluding carboxylic acids is 1. The second kappa shape index (κ2) is 7.59. The highest BCUT2D eigenvalue weighted by atomic mass is 16.6. The molecule has 0 aliphatic rings. The van der Waals surface area contributed by atoms with Crippen LogP contribution in [-0.4, -0.2) is 28.3 Å². The molecule has 0 aliphatic heterocycles. The Morgan fingerprint density at radius 2 is 1.86 bits per heavy atom. The van der Waals surface area contributed by atoms with Crippen LogP contribution in [0.25, 0.3) is 22.2 Å². The fourth-order valence-corrected chi connectivity index (χ4v) is 2.84. The second-order valence-electron chi connectivity index (χ2n) is 6.32. The molecule has 1 unspecified atom stereocenters. The average Bonchev–Trinajstić information content (AvgIpc) is 3.24. The van der Waals surface area contributed by atoms with E-state index in [1.165, 1.54) is 0 Å². The van der Waals surface area contributed by atoms with Gasteiger partial charge in [-0.05, 0) is 48.7 Å². The number of esters is 1. The monoisotopic (exact) mass is 391 g/mol. The van der Waals surface area contributed by atoms with Gasteiger partial charge in [0.15, 0.2) is 6.10 Å². The number of fused-ring (bicyclic) bond motifs is 1. The van der Waals surface area contributed by atoms with Crippen LogP contribution < -0.4 is 10.3 Å². The maximum atomic E-state index is 12.5. The molecule has 4 rings (SSSR count). The molecule has 2 aromatic carbocycles. The fourth-order valence-electron chi connectivity index (χ4n) is 2.84. The molecular weight excluding hydrogens is 374 g/mol. The SMILES string of the molecule is COc1ccc(-c2nnc(C(C)OC(=O)c3cc4ccccc4c(=O)[nH]3)o2)cc1. The largest absolute Gasteiger partial charge is 0.497 e. The molecule has 0 aliphatic carbocycles. The van der Waals surface area contributed by atoms with E-state index in [0.717, 1.165) is 0 Å². The van der Waals surface area contributed by atoms with Crippen molar-refractivity contribution in [3.63, 3.8) is 0 Å².